The van der Waals surface area contributed by atoms with Crippen LogP contribution in [0.1, 0.15) is 34.7 Å². The Morgan fingerprint density at radius 2 is 1.54 bits per heavy atom. The molecule has 0 N–H and O–H groups in total. The fraction of sp³-hybridized carbons (Fsp3) is 0.308. The number of hydrogen-bond donors (Lipinski definition) is 0. The maximum absolute atomic E-state index is 3.46. The summed E-state index contributed by atoms with van der Waals surface area (Å²) >= 11 is 0. The van der Waals surface area contributed by atoms with Gasteiger partial charge in [-0.15, -0.1) is 48.3 Å². The van der Waals surface area contributed by atoms with Gasteiger partial charge in [0.2, 0.25) is 0 Å². The zero-order valence-corrected chi connectivity index (χ0v) is 22.2. The summed E-state index contributed by atoms with van der Waals surface area (Å²) in [5.74, 6) is 0. The Balaban J connectivity index is 0.000000416. The maximum atomic E-state index is 3.46. The predicted molar refractivity (Wildman–Crippen MR) is 129 cm³/mol. The largest absolute Gasteiger partial charge is 2.00 e. The molecule has 0 radical (unpaired) electrons. The van der Waals surface area contributed by atoms with E-state index >= 15 is 0 Å². The molecule has 0 unspecified atom stereocenters. The van der Waals surface area contributed by atoms with Gasteiger partial charge < -0.3 is 0 Å². The van der Waals surface area contributed by atoms with Crippen molar-refractivity contribution in [1.29, 1.82) is 0 Å². The molecule has 0 bridgehead atoms. The van der Waals surface area contributed by atoms with Crippen molar-refractivity contribution in [3.8, 4) is 0 Å². The van der Waals surface area contributed by atoms with Gasteiger partial charge in [0.05, 0.1) is 0 Å². The van der Waals surface area contributed by atoms with Crippen molar-refractivity contribution in [2.45, 2.75) is 41.5 Å². The molecule has 0 atom stereocenters. The molecule has 0 heterocycles. The minimum atomic E-state index is 0. The summed E-state index contributed by atoms with van der Waals surface area (Å²) in [6.07, 6.45) is 5.58. The smallest absolute Gasteiger partial charge is 0.196 e. The van der Waals surface area contributed by atoms with Gasteiger partial charge in [0.15, 0.2) is 0 Å². The maximum Gasteiger partial charge on any atom is 2.00 e. The summed E-state index contributed by atoms with van der Waals surface area (Å²) in [6.45, 7) is 21.0. The van der Waals surface area contributed by atoms with Crippen LogP contribution < -0.4 is 5.30 Å². The molecule has 0 nitrogen and oxygen atoms in total. The van der Waals surface area contributed by atoms with Crippen molar-refractivity contribution in [1.82, 2.24) is 0 Å². The zero-order valence-electron chi connectivity index (χ0n) is 18.9. The van der Waals surface area contributed by atoms with Crippen LogP contribution in [0.2, 0.25) is 0 Å². The second-order valence-corrected chi connectivity index (χ2v) is 9.43. The molecule has 0 amide bonds. The monoisotopic (exact) mass is 468 g/mol. The number of rotatable bonds is 2. The van der Waals surface area contributed by atoms with Gasteiger partial charge in [0.1, 0.15) is 0 Å². The van der Waals surface area contributed by atoms with E-state index in [0.717, 1.165) is 0 Å². The van der Waals surface area contributed by atoms with Crippen LogP contribution >= 0.6 is 7.92 Å². The normalized spacial score (nSPS) is 10.2. The molecular weight excluding hydrogens is 434 g/mol. The molecule has 0 aliphatic heterocycles. The topological polar surface area (TPSA) is 0 Å². The number of benzene rings is 1. The van der Waals surface area contributed by atoms with Gasteiger partial charge in [-0.1, -0.05) is 65.5 Å². The van der Waals surface area contributed by atoms with Gasteiger partial charge in [-0.3, -0.25) is 0 Å². The van der Waals surface area contributed by atoms with E-state index in [1.807, 2.05) is 19.1 Å². The fourth-order valence-electron chi connectivity index (χ4n) is 2.93. The van der Waals surface area contributed by atoms with Crippen LogP contribution in [0.5, 0.6) is 0 Å². The first-order valence-electron chi connectivity index (χ1n) is 9.50. The zero-order chi connectivity index (χ0) is 20.6. The summed E-state index contributed by atoms with van der Waals surface area (Å²) in [6, 6.07) is 13.2. The van der Waals surface area contributed by atoms with Crippen LogP contribution in [0.4, 0.5) is 0 Å². The minimum absolute atomic E-state index is 0. The van der Waals surface area contributed by atoms with E-state index in [-0.39, 0.29) is 34.1 Å². The van der Waals surface area contributed by atoms with Crippen molar-refractivity contribution >= 4 is 24.0 Å². The Kier molecular flexibility index (Phi) is 12.8. The Morgan fingerprint density at radius 1 is 1.00 bits per heavy atom. The third-order valence-corrected chi connectivity index (χ3v) is 6.55. The summed E-state index contributed by atoms with van der Waals surface area (Å²) in [7, 11) is 0.0576. The molecule has 0 saturated carbocycles. The number of fused-ring (bicyclic) bond motifs is 1. The molecule has 3 aromatic rings. The third kappa shape index (κ3) is 7.42. The molecule has 3 rings (SSSR count). The molecule has 0 aromatic heterocycles. The molecule has 0 aliphatic carbocycles. The summed E-state index contributed by atoms with van der Waals surface area (Å²) in [4.78, 5) is 0. The molecule has 2 heteroatoms. The average Bonchev–Trinajstić information content (AvgIpc) is 3.17. The van der Waals surface area contributed by atoms with E-state index in [0.29, 0.717) is 0 Å². The van der Waals surface area contributed by atoms with E-state index in [1.54, 1.807) is 6.08 Å². The van der Waals surface area contributed by atoms with E-state index in [1.165, 1.54) is 43.9 Å². The molecule has 0 fully saturated rings. The fourth-order valence-corrected chi connectivity index (χ4v) is 3.73. The first kappa shape index (κ1) is 27.0. The first-order valence-corrected chi connectivity index (χ1v) is 11.7. The summed E-state index contributed by atoms with van der Waals surface area (Å²) in [5.41, 5.74) is 7.34. The van der Waals surface area contributed by atoms with Crippen molar-refractivity contribution in [3.63, 3.8) is 0 Å². The van der Waals surface area contributed by atoms with Crippen LogP contribution in [-0.4, -0.2) is 13.3 Å². The van der Waals surface area contributed by atoms with E-state index in [4.69, 9.17) is 0 Å². The van der Waals surface area contributed by atoms with Gasteiger partial charge >= 0.3 is 26.2 Å². The minimum Gasteiger partial charge on any atom is -0.196 e. The predicted octanol–water partition coefficient (Wildman–Crippen LogP) is 7.62. The van der Waals surface area contributed by atoms with Crippen molar-refractivity contribution in [2.24, 2.45) is 0 Å². The molecule has 0 saturated heterocycles. The van der Waals surface area contributed by atoms with Crippen LogP contribution in [0.15, 0.2) is 61.2 Å². The van der Waals surface area contributed by atoms with Crippen LogP contribution in [0.25, 0.3) is 10.8 Å². The first-order chi connectivity index (χ1) is 12.7. The average molecular weight is 470 g/mol. The molecular formula is C26H35PZr. The Labute approximate surface area is 193 Å². The van der Waals surface area contributed by atoms with E-state index < -0.39 is 0 Å². The van der Waals surface area contributed by atoms with Gasteiger partial charge in [-0.05, 0) is 20.3 Å². The van der Waals surface area contributed by atoms with Crippen LogP contribution in [0, 0.1) is 34.6 Å². The second kappa shape index (κ2) is 13.2. The Bertz CT molecular complexity index is 777. The van der Waals surface area contributed by atoms with Crippen molar-refractivity contribution < 1.29 is 26.2 Å². The van der Waals surface area contributed by atoms with Crippen LogP contribution in [0.3, 0.4) is 0 Å². The summed E-state index contributed by atoms with van der Waals surface area (Å²) < 4.78 is 0. The standard InChI is InChI=1S/C11H12P.C10H15.C5H8.Zr/c1-12(2)11-7-9-5-3-4-6-10(9)8-11;1-6-7(2)9(4)10(5)8(6)3;1-3-5-4-2;/h3-8H,1-2H3;1-5H3;3-5H,1H2,2H3;/q2*-1;;+2. The van der Waals surface area contributed by atoms with E-state index in [9.17, 15) is 0 Å². The molecule has 28 heavy (non-hydrogen) atoms. The third-order valence-electron chi connectivity index (χ3n) is 5.26. The van der Waals surface area contributed by atoms with E-state index in [2.05, 4.69) is 90.9 Å². The second-order valence-electron chi connectivity index (χ2n) is 7.12. The van der Waals surface area contributed by atoms with Gasteiger partial charge in [0.25, 0.3) is 0 Å². The van der Waals surface area contributed by atoms with Crippen molar-refractivity contribution in [2.75, 3.05) is 13.3 Å². The SMILES string of the molecule is C=CC=CC.CP(C)c1cc2ccccc2[cH-]1.Cc1c(C)c(C)[c-](C)c1C.[Zr+2]. The summed E-state index contributed by atoms with van der Waals surface area (Å²) in [5, 5.41) is 4.26. The molecule has 148 valence electrons. The number of allylic oxidation sites excluding steroid dienone is 3. The number of hydrogen-bond acceptors (Lipinski definition) is 0. The molecule has 3 aromatic carbocycles. The van der Waals surface area contributed by atoms with Crippen LogP contribution in [-0.2, 0) is 26.2 Å². The van der Waals surface area contributed by atoms with Gasteiger partial charge in [0, 0.05) is 0 Å². The quantitative estimate of drug-likeness (QED) is 0.206. The van der Waals surface area contributed by atoms with Gasteiger partial charge in [-0.25, -0.2) is 0 Å². The molecule has 0 aliphatic rings. The van der Waals surface area contributed by atoms with Crippen molar-refractivity contribution in [3.05, 3.63) is 89.0 Å². The Hall–Kier alpha value is -1.03. The van der Waals surface area contributed by atoms with Gasteiger partial charge in [-0.2, -0.15) is 33.9 Å². The Morgan fingerprint density at radius 3 is 1.86 bits per heavy atom. The molecule has 0 spiro atoms.